The van der Waals surface area contributed by atoms with Crippen LogP contribution in [0, 0.1) is 0 Å². The summed E-state index contributed by atoms with van der Waals surface area (Å²) in [4.78, 5) is 2.70. The van der Waals surface area contributed by atoms with E-state index in [-0.39, 0.29) is 0 Å². The van der Waals surface area contributed by atoms with Crippen LogP contribution in [0.2, 0.25) is 0 Å². The van der Waals surface area contributed by atoms with E-state index >= 15 is 0 Å². The van der Waals surface area contributed by atoms with E-state index in [1.165, 1.54) is 5.56 Å². The van der Waals surface area contributed by atoms with Crippen LogP contribution < -0.4 is 0 Å². The fourth-order valence-electron chi connectivity index (χ4n) is 1.51. The Bertz CT molecular complexity index is 512. The lowest BCUT2D eigenvalue weighted by atomic mass is 10.2. The first kappa shape index (κ1) is 11.2. The highest BCUT2D eigenvalue weighted by atomic mass is 15.4. The maximum atomic E-state index is 8.16. The van der Waals surface area contributed by atoms with Gasteiger partial charge in [-0.3, -0.25) is 0 Å². The zero-order valence-corrected chi connectivity index (χ0v) is 9.27. The Kier molecular flexibility index (Phi) is 3.72. The lowest BCUT2D eigenvalue weighted by Crippen LogP contribution is -1.99. The van der Waals surface area contributed by atoms with Crippen molar-refractivity contribution < 1.29 is 0 Å². The number of aromatic nitrogens is 3. The summed E-state index contributed by atoms with van der Waals surface area (Å²) in [7, 11) is 0. The second-order valence-electron chi connectivity index (χ2n) is 3.60. The third kappa shape index (κ3) is 3.32. The van der Waals surface area contributed by atoms with Gasteiger partial charge in [0.05, 0.1) is 12.2 Å². The quantitative estimate of drug-likeness (QED) is 0.446. The smallest absolute Gasteiger partial charge is 0.0828 e. The van der Waals surface area contributed by atoms with E-state index in [0.717, 1.165) is 5.69 Å². The maximum Gasteiger partial charge on any atom is 0.0828 e. The Labute approximate surface area is 98.5 Å². The first-order valence-corrected chi connectivity index (χ1v) is 5.32. The van der Waals surface area contributed by atoms with Gasteiger partial charge in [0.25, 0.3) is 0 Å². The number of azide groups is 1. The summed E-state index contributed by atoms with van der Waals surface area (Å²) in [6, 6.07) is 10.1. The molecular weight excluding hydrogens is 216 g/mol. The summed E-state index contributed by atoms with van der Waals surface area (Å²) in [5, 5.41) is 11.5. The molecule has 2 rings (SSSR count). The van der Waals surface area contributed by atoms with Crippen molar-refractivity contribution >= 4 is 0 Å². The van der Waals surface area contributed by atoms with Crippen molar-refractivity contribution in [1.29, 1.82) is 0 Å². The van der Waals surface area contributed by atoms with Gasteiger partial charge in [-0.15, -0.1) is 5.10 Å². The molecule has 0 N–H and O–H groups in total. The average Bonchev–Trinajstić information content (AvgIpc) is 2.79. The van der Waals surface area contributed by atoms with Crippen molar-refractivity contribution in [3.63, 3.8) is 0 Å². The molecule has 6 nitrogen and oxygen atoms in total. The van der Waals surface area contributed by atoms with Gasteiger partial charge in [-0.05, 0) is 17.5 Å². The summed E-state index contributed by atoms with van der Waals surface area (Å²) >= 11 is 0. The van der Waals surface area contributed by atoms with Crippen LogP contribution >= 0.6 is 0 Å². The highest BCUT2D eigenvalue weighted by molar-refractivity contribution is 5.14. The van der Waals surface area contributed by atoms with Crippen LogP contribution in [0.5, 0.6) is 0 Å². The van der Waals surface area contributed by atoms with Crippen molar-refractivity contribution in [3.8, 4) is 0 Å². The monoisotopic (exact) mass is 228 g/mol. The Hall–Kier alpha value is -2.33. The summed E-state index contributed by atoms with van der Waals surface area (Å²) < 4.78 is 1.78. The molecule has 0 aliphatic rings. The molecule has 0 aliphatic heterocycles. The van der Waals surface area contributed by atoms with Gasteiger partial charge in [0.15, 0.2) is 0 Å². The van der Waals surface area contributed by atoms with Crippen molar-refractivity contribution in [1.82, 2.24) is 15.0 Å². The van der Waals surface area contributed by atoms with Gasteiger partial charge in [0.1, 0.15) is 0 Å². The standard InChI is InChI=1S/C11H12N6/c12-15-13-7-6-11-9-17(16-14-11)8-10-4-2-1-3-5-10/h1-5,9H,6-8H2. The summed E-state index contributed by atoms with van der Waals surface area (Å²) in [5.74, 6) is 0. The predicted octanol–water partition coefficient (Wildman–Crippen LogP) is 2.18. The number of benzene rings is 1. The molecule has 17 heavy (non-hydrogen) atoms. The van der Waals surface area contributed by atoms with Crippen molar-refractivity contribution in [2.75, 3.05) is 6.54 Å². The van der Waals surface area contributed by atoms with Crippen LogP contribution in [0.15, 0.2) is 41.6 Å². The zero-order valence-electron chi connectivity index (χ0n) is 9.27. The van der Waals surface area contributed by atoms with Gasteiger partial charge in [-0.25, -0.2) is 4.68 Å². The van der Waals surface area contributed by atoms with E-state index in [2.05, 4.69) is 20.3 Å². The Balaban J connectivity index is 1.96. The molecule has 6 heteroatoms. The average molecular weight is 228 g/mol. The lowest BCUT2D eigenvalue weighted by Gasteiger charge is -1.99. The fraction of sp³-hybridized carbons (Fsp3) is 0.273. The van der Waals surface area contributed by atoms with E-state index in [1.807, 2.05) is 36.5 Å². The Morgan fingerprint density at radius 3 is 2.88 bits per heavy atom. The topological polar surface area (TPSA) is 79.5 Å². The SMILES string of the molecule is [N-]=[N+]=NCCc1cn(Cc2ccccc2)nn1. The minimum Gasteiger partial charge on any atom is -0.248 e. The Morgan fingerprint density at radius 1 is 1.29 bits per heavy atom. The molecule has 0 atom stereocenters. The van der Waals surface area contributed by atoms with Crippen LogP contribution in [0.25, 0.3) is 10.4 Å². The number of nitrogens with zero attached hydrogens (tertiary/aromatic N) is 6. The lowest BCUT2D eigenvalue weighted by molar-refractivity contribution is 0.649. The molecule has 0 fully saturated rings. The van der Waals surface area contributed by atoms with Gasteiger partial charge in [-0.2, -0.15) is 0 Å². The van der Waals surface area contributed by atoms with Gasteiger partial charge in [0, 0.05) is 17.7 Å². The maximum absolute atomic E-state index is 8.16. The molecule has 0 saturated carbocycles. The molecule has 1 heterocycles. The fourth-order valence-corrected chi connectivity index (χ4v) is 1.51. The van der Waals surface area contributed by atoms with Crippen molar-refractivity contribution in [3.05, 3.63) is 58.2 Å². The van der Waals surface area contributed by atoms with Crippen LogP contribution in [-0.4, -0.2) is 21.5 Å². The molecule has 0 saturated heterocycles. The van der Waals surface area contributed by atoms with Crippen LogP contribution in [-0.2, 0) is 13.0 Å². The molecule has 0 spiro atoms. The molecule has 1 aromatic carbocycles. The second kappa shape index (κ2) is 5.67. The summed E-state index contributed by atoms with van der Waals surface area (Å²) in [6.45, 7) is 1.12. The third-order valence-electron chi connectivity index (χ3n) is 2.30. The van der Waals surface area contributed by atoms with E-state index in [1.54, 1.807) is 4.68 Å². The molecule has 2 aromatic rings. The Morgan fingerprint density at radius 2 is 2.12 bits per heavy atom. The van der Waals surface area contributed by atoms with E-state index < -0.39 is 0 Å². The normalized spacial score (nSPS) is 9.88. The largest absolute Gasteiger partial charge is 0.248 e. The molecule has 86 valence electrons. The summed E-state index contributed by atoms with van der Waals surface area (Å²) in [6.07, 6.45) is 2.50. The van der Waals surface area contributed by atoms with E-state index in [0.29, 0.717) is 19.5 Å². The molecular formula is C11H12N6. The van der Waals surface area contributed by atoms with Crippen molar-refractivity contribution in [2.24, 2.45) is 5.11 Å². The molecule has 0 aliphatic carbocycles. The highest BCUT2D eigenvalue weighted by Crippen LogP contribution is 2.02. The minimum absolute atomic E-state index is 0.417. The molecule has 1 aromatic heterocycles. The second-order valence-corrected chi connectivity index (χ2v) is 3.60. The first-order valence-electron chi connectivity index (χ1n) is 5.32. The number of hydrogen-bond donors (Lipinski definition) is 0. The van der Waals surface area contributed by atoms with E-state index in [4.69, 9.17) is 5.53 Å². The van der Waals surface area contributed by atoms with Gasteiger partial charge in [0.2, 0.25) is 0 Å². The summed E-state index contributed by atoms with van der Waals surface area (Å²) in [5.41, 5.74) is 10.2. The molecule has 0 amide bonds. The van der Waals surface area contributed by atoms with E-state index in [9.17, 15) is 0 Å². The first-order chi connectivity index (χ1) is 8.38. The van der Waals surface area contributed by atoms with Crippen LogP contribution in [0.1, 0.15) is 11.3 Å². The number of hydrogen-bond acceptors (Lipinski definition) is 3. The minimum atomic E-state index is 0.417. The number of rotatable bonds is 5. The highest BCUT2D eigenvalue weighted by Gasteiger charge is 2.00. The predicted molar refractivity (Wildman–Crippen MR) is 63.3 cm³/mol. The third-order valence-corrected chi connectivity index (χ3v) is 2.30. The molecule has 0 bridgehead atoms. The van der Waals surface area contributed by atoms with Gasteiger partial charge < -0.3 is 0 Å². The van der Waals surface area contributed by atoms with Crippen LogP contribution in [0.4, 0.5) is 0 Å². The molecule has 0 radical (unpaired) electrons. The van der Waals surface area contributed by atoms with Gasteiger partial charge >= 0.3 is 0 Å². The van der Waals surface area contributed by atoms with Crippen molar-refractivity contribution in [2.45, 2.75) is 13.0 Å². The zero-order chi connectivity index (χ0) is 11.9. The van der Waals surface area contributed by atoms with Gasteiger partial charge in [-0.1, -0.05) is 40.7 Å². The molecule has 0 unspecified atom stereocenters. The van der Waals surface area contributed by atoms with Crippen LogP contribution in [0.3, 0.4) is 0 Å².